The molecule has 1 N–H and O–H groups in total. The Hall–Kier alpha value is -0.570. The van der Waals surface area contributed by atoms with Gasteiger partial charge in [0.2, 0.25) is 5.91 Å². The zero-order valence-electron chi connectivity index (χ0n) is 9.41. The van der Waals surface area contributed by atoms with Crippen LogP contribution in [0.5, 0.6) is 0 Å². The zero-order valence-corrected chi connectivity index (χ0v) is 9.41. The Bertz CT molecular complexity index is 275. The molecule has 3 atom stereocenters. The third-order valence-electron chi connectivity index (χ3n) is 3.95. The van der Waals surface area contributed by atoms with E-state index >= 15 is 0 Å². The second-order valence-corrected chi connectivity index (χ2v) is 5.45. The molecule has 1 aliphatic heterocycles. The largest absolute Gasteiger partial charge is 0.338 e. The van der Waals surface area contributed by atoms with Crippen LogP contribution in [0.25, 0.3) is 0 Å². The van der Waals surface area contributed by atoms with Crippen molar-refractivity contribution in [2.75, 3.05) is 6.54 Å². The Morgan fingerprint density at radius 3 is 2.67 bits per heavy atom. The topological polar surface area (TPSA) is 32.3 Å². The maximum atomic E-state index is 12.2. The van der Waals surface area contributed by atoms with Gasteiger partial charge in [-0.05, 0) is 38.0 Å². The SMILES string of the molecule is CC1CC1N1CCCC(NC2CC2)C1=O. The van der Waals surface area contributed by atoms with Crippen molar-refractivity contribution in [3.05, 3.63) is 0 Å². The Morgan fingerprint density at radius 2 is 2.07 bits per heavy atom. The number of nitrogens with zero attached hydrogens (tertiary/aromatic N) is 1. The molecule has 0 radical (unpaired) electrons. The zero-order chi connectivity index (χ0) is 10.4. The van der Waals surface area contributed by atoms with E-state index < -0.39 is 0 Å². The summed E-state index contributed by atoms with van der Waals surface area (Å²) in [5, 5.41) is 3.48. The fourth-order valence-corrected chi connectivity index (χ4v) is 2.65. The highest BCUT2D eigenvalue weighted by Crippen LogP contribution is 2.37. The van der Waals surface area contributed by atoms with Crippen molar-refractivity contribution in [1.82, 2.24) is 10.2 Å². The first-order valence-corrected chi connectivity index (χ1v) is 6.32. The summed E-state index contributed by atoms with van der Waals surface area (Å²) in [7, 11) is 0. The quantitative estimate of drug-likeness (QED) is 0.754. The lowest BCUT2D eigenvalue weighted by molar-refractivity contribution is -0.136. The van der Waals surface area contributed by atoms with Crippen LogP contribution >= 0.6 is 0 Å². The first-order valence-electron chi connectivity index (χ1n) is 6.32. The van der Waals surface area contributed by atoms with Gasteiger partial charge in [-0.1, -0.05) is 6.92 Å². The fourth-order valence-electron chi connectivity index (χ4n) is 2.65. The van der Waals surface area contributed by atoms with Crippen molar-refractivity contribution in [3.8, 4) is 0 Å². The summed E-state index contributed by atoms with van der Waals surface area (Å²) in [5.74, 6) is 1.12. The normalized spacial score (nSPS) is 40.7. The minimum Gasteiger partial charge on any atom is -0.338 e. The highest BCUT2D eigenvalue weighted by Gasteiger charge is 2.44. The minimum absolute atomic E-state index is 0.138. The number of carbonyl (C=O) groups excluding carboxylic acids is 1. The lowest BCUT2D eigenvalue weighted by Gasteiger charge is -2.33. The molecule has 0 aromatic carbocycles. The molecule has 0 spiro atoms. The average Bonchev–Trinajstić information content (AvgIpc) is 3.09. The number of amides is 1. The van der Waals surface area contributed by atoms with E-state index in [9.17, 15) is 4.79 Å². The van der Waals surface area contributed by atoms with Crippen molar-refractivity contribution < 1.29 is 4.79 Å². The molecule has 84 valence electrons. The van der Waals surface area contributed by atoms with Gasteiger partial charge < -0.3 is 10.2 Å². The molecule has 2 aliphatic carbocycles. The number of hydrogen-bond donors (Lipinski definition) is 1. The van der Waals surface area contributed by atoms with Gasteiger partial charge >= 0.3 is 0 Å². The summed E-state index contributed by atoms with van der Waals surface area (Å²) in [6.07, 6.45) is 5.99. The summed E-state index contributed by atoms with van der Waals surface area (Å²) in [5.41, 5.74) is 0. The molecular weight excluding hydrogens is 188 g/mol. The van der Waals surface area contributed by atoms with Crippen LogP contribution in [0.1, 0.15) is 39.0 Å². The maximum absolute atomic E-state index is 12.2. The third-order valence-corrected chi connectivity index (χ3v) is 3.95. The lowest BCUT2D eigenvalue weighted by atomic mass is 10.0. The Kier molecular flexibility index (Phi) is 2.23. The number of hydrogen-bond acceptors (Lipinski definition) is 2. The molecule has 3 unspecified atom stereocenters. The van der Waals surface area contributed by atoms with Gasteiger partial charge in [-0.25, -0.2) is 0 Å². The molecule has 0 aromatic heterocycles. The fraction of sp³-hybridized carbons (Fsp3) is 0.917. The molecule has 0 aromatic rings. The monoisotopic (exact) mass is 208 g/mol. The smallest absolute Gasteiger partial charge is 0.239 e. The predicted molar refractivity (Wildman–Crippen MR) is 58.5 cm³/mol. The predicted octanol–water partition coefficient (Wildman–Crippen LogP) is 1.14. The van der Waals surface area contributed by atoms with Crippen LogP contribution in [0.3, 0.4) is 0 Å². The van der Waals surface area contributed by atoms with Crippen LogP contribution in [0.15, 0.2) is 0 Å². The molecule has 3 aliphatic rings. The maximum Gasteiger partial charge on any atom is 0.239 e. The molecule has 1 amide bonds. The van der Waals surface area contributed by atoms with Crippen molar-refractivity contribution in [3.63, 3.8) is 0 Å². The van der Waals surface area contributed by atoms with E-state index in [-0.39, 0.29) is 6.04 Å². The molecule has 1 heterocycles. The molecular formula is C12H20N2O. The molecule has 15 heavy (non-hydrogen) atoms. The third kappa shape index (κ3) is 1.89. The van der Waals surface area contributed by atoms with Crippen LogP contribution in [-0.2, 0) is 4.79 Å². The molecule has 0 bridgehead atoms. The van der Waals surface area contributed by atoms with Crippen molar-refractivity contribution in [2.45, 2.75) is 57.2 Å². The van der Waals surface area contributed by atoms with Gasteiger partial charge in [0.25, 0.3) is 0 Å². The van der Waals surface area contributed by atoms with Crippen molar-refractivity contribution in [2.24, 2.45) is 5.92 Å². The first-order chi connectivity index (χ1) is 7.25. The van der Waals surface area contributed by atoms with Crippen LogP contribution in [0.2, 0.25) is 0 Å². The molecule has 3 rings (SSSR count). The Labute approximate surface area is 91.2 Å². The Balaban J connectivity index is 1.62. The first kappa shape index (κ1) is 9.64. The number of nitrogens with one attached hydrogen (secondary N) is 1. The molecule has 3 fully saturated rings. The van der Waals surface area contributed by atoms with Gasteiger partial charge in [0, 0.05) is 18.6 Å². The minimum atomic E-state index is 0.138. The van der Waals surface area contributed by atoms with E-state index in [4.69, 9.17) is 0 Å². The second-order valence-electron chi connectivity index (χ2n) is 5.45. The Morgan fingerprint density at radius 1 is 1.33 bits per heavy atom. The summed E-state index contributed by atoms with van der Waals surface area (Å²) in [4.78, 5) is 14.3. The van der Waals surface area contributed by atoms with Crippen LogP contribution in [-0.4, -0.2) is 35.5 Å². The van der Waals surface area contributed by atoms with E-state index in [1.165, 1.54) is 25.7 Å². The van der Waals surface area contributed by atoms with E-state index in [2.05, 4.69) is 17.1 Å². The van der Waals surface area contributed by atoms with Crippen LogP contribution < -0.4 is 5.32 Å². The van der Waals surface area contributed by atoms with Gasteiger partial charge in [-0.15, -0.1) is 0 Å². The van der Waals surface area contributed by atoms with Gasteiger partial charge in [0.1, 0.15) is 0 Å². The number of rotatable bonds is 3. The molecule has 1 saturated heterocycles. The standard InChI is InChI=1S/C12H20N2O/c1-8-7-11(8)14-6-2-3-10(12(14)15)13-9-4-5-9/h8-11,13H,2-7H2,1H3. The van der Waals surface area contributed by atoms with Gasteiger partial charge in [0.05, 0.1) is 6.04 Å². The lowest BCUT2D eigenvalue weighted by Crippen LogP contribution is -2.52. The average molecular weight is 208 g/mol. The summed E-state index contributed by atoms with van der Waals surface area (Å²) in [6.45, 7) is 3.24. The van der Waals surface area contributed by atoms with Crippen molar-refractivity contribution >= 4 is 5.91 Å². The van der Waals surface area contributed by atoms with E-state index in [0.29, 0.717) is 18.0 Å². The van der Waals surface area contributed by atoms with Crippen LogP contribution in [0, 0.1) is 5.92 Å². The van der Waals surface area contributed by atoms with Crippen LogP contribution in [0.4, 0.5) is 0 Å². The summed E-state index contributed by atoms with van der Waals surface area (Å²) < 4.78 is 0. The number of piperidine rings is 1. The molecule has 2 saturated carbocycles. The molecule has 3 nitrogen and oxygen atoms in total. The highest BCUT2D eigenvalue weighted by atomic mass is 16.2. The van der Waals surface area contributed by atoms with Gasteiger partial charge in [0.15, 0.2) is 0 Å². The number of carbonyl (C=O) groups is 1. The molecule has 3 heteroatoms. The summed E-state index contributed by atoms with van der Waals surface area (Å²) in [6, 6.07) is 1.36. The van der Waals surface area contributed by atoms with E-state index in [1.807, 2.05) is 0 Å². The number of likely N-dealkylation sites (tertiary alicyclic amines) is 1. The summed E-state index contributed by atoms with van der Waals surface area (Å²) >= 11 is 0. The highest BCUT2D eigenvalue weighted by molar-refractivity contribution is 5.83. The van der Waals surface area contributed by atoms with Gasteiger partial charge in [-0.3, -0.25) is 4.79 Å². The van der Waals surface area contributed by atoms with E-state index in [0.717, 1.165) is 18.9 Å². The van der Waals surface area contributed by atoms with Crippen molar-refractivity contribution in [1.29, 1.82) is 0 Å². The second kappa shape index (κ2) is 3.48. The van der Waals surface area contributed by atoms with Gasteiger partial charge in [-0.2, -0.15) is 0 Å². The van der Waals surface area contributed by atoms with E-state index in [1.54, 1.807) is 0 Å².